The van der Waals surface area contributed by atoms with Gasteiger partial charge in [0.1, 0.15) is 35.6 Å². The van der Waals surface area contributed by atoms with Crippen LogP contribution in [0.2, 0.25) is 0 Å². The van der Waals surface area contributed by atoms with Gasteiger partial charge in [0.15, 0.2) is 0 Å². The molecule has 3 saturated heterocycles. The molecule has 0 radical (unpaired) electrons. The highest BCUT2D eigenvalue weighted by atomic mass is 31.2. The molecule has 3 fully saturated rings. The number of nitrogens with zero attached hydrogens (tertiary/aromatic N) is 7. The van der Waals surface area contributed by atoms with Crippen LogP contribution in [-0.4, -0.2) is 171 Å². The van der Waals surface area contributed by atoms with Crippen molar-refractivity contribution in [3.8, 4) is 28.8 Å². The van der Waals surface area contributed by atoms with Gasteiger partial charge >= 0.3 is 44.9 Å². The zero-order chi connectivity index (χ0) is 73.8. The largest absolute Gasteiger partial charge is 0.524 e. The number of hydrogen-bond acceptors (Lipinski definition) is 17. The van der Waals surface area contributed by atoms with E-state index in [0.29, 0.717) is 104 Å². The molecule has 0 spiro atoms. The molecular weight excluding hydrogens is 1360 g/mol. The Balaban J connectivity index is 1.24. The zero-order valence-electron chi connectivity index (χ0n) is 55.9. The van der Waals surface area contributed by atoms with Crippen molar-refractivity contribution in [3.05, 3.63) is 124 Å². The van der Waals surface area contributed by atoms with Crippen LogP contribution in [0.4, 0.5) is 59.4 Å². The van der Waals surface area contributed by atoms with Crippen LogP contribution in [0, 0.1) is 48.2 Å². The maximum atomic E-state index is 16.7. The van der Waals surface area contributed by atoms with E-state index in [2.05, 4.69) is 56.9 Å². The third-order valence-electron chi connectivity index (χ3n) is 17.8. The molecule has 35 heteroatoms. The number of aromatic nitrogens is 4. The van der Waals surface area contributed by atoms with Crippen molar-refractivity contribution in [1.82, 2.24) is 51.0 Å². The fraction of sp³-hybridized carbons (Fsp3) is 0.508. The van der Waals surface area contributed by atoms with Gasteiger partial charge in [-0.25, -0.2) is 42.6 Å². The lowest BCUT2D eigenvalue weighted by molar-refractivity contribution is -0.221. The Morgan fingerprint density at radius 3 is 1.81 bits per heavy atom. The predicted octanol–water partition coefficient (Wildman–Crippen LogP) is 9.02. The average Bonchev–Trinajstić information content (AvgIpc) is 1.42. The SMILES string of the molecule is COC(=O)N[C@H](C(=O)N[C@@H](Cc1ccc(C#Cc2cnc(N3CC4CCC(C3)N4C3COC3)nc2)cc1)[C@H](CN(Cc1c(F)cc(-c2ccn(C(F)F)n2)cc1F)NC(=O)[C@@H](NC(=O)OC)C(C)(C)C(F)(F)F)OC(=O)CC(C)(C)c1c(C)cc(C)cc1OP(=O)(O)O)C(C)(C)C(F)(F)F. The first-order valence-corrected chi connectivity index (χ1v) is 32.7. The minimum Gasteiger partial charge on any atom is -0.459 e. The molecule has 0 saturated carbocycles. The van der Waals surface area contributed by atoms with Gasteiger partial charge in [0, 0.05) is 78.0 Å². The molecule has 5 heterocycles. The Morgan fingerprint density at radius 2 is 1.31 bits per heavy atom. The van der Waals surface area contributed by atoms with Crippen molar-refractivity contribution in [1.29, 1.82) is 0 Å². The van der Waals surface area contributed by atoms with E-state index in [4.69, 9.17) is 14.0 Å². The number of carbonyl (C=O) groups is 5. The second-order valence-corrected chi connectivity index (χ2v) is 27.6. The Hall–Kier alpha value is -8.61. The van der Waals surface area contributed by atoms with Crippen LogP contribution in [0.3, 0.4) is 0 Å². The zero-order valence-corrected chi connectivity index (χ0v) is 56.8. The number of methoxy groups -OCH3 is 2. The van der Waals surface area contributed by atoms with Crippen molar-refractivity contribution < 1.29 is 106 Å². The van der Waals surface area contributed by atoms with Gasteiger partial charge in [-0.05, 0) is 114 Å². The van der Waals surface area contributed by atoms with Crippen molar-refractivity contribution in [2.24, 2.45) is 10.8 Å². The van der Waals surface area contributed by atoms with Gasteiger partial charge in [-0.1, -0.05) is 43.9 Å². The predicted molar refractivity (Wildman–Crippen MR) is 337 cm³/mol. The molecule has 6 N–H and O–H groups in total. The number of halogens is 10. The first-order valence-electron chi connectivity index (χ1n) is 31.2. The lowest BCUT2D eigenvalue weighted by Crippen LogP contribution is -2.64. The van der Waals surface area contributed by atoms with Crippen LogP contribution >= 0.6 is 7.82 Å². The summed E-state index contributed by atoms with van der Waals surface area (Å²) in [6, 6.07) is 4.62. The maximum Gasteiger partial charge on any atom is 0.524 e. The lowest BCUT2D eigenvalue weighted by Gasteiger charge is -2.47. The van der Waals surface area contributed by atoms with Crippen LogP contribution in [-0.2, 0) is 56.3 Å². The second kappa shape index (κ2) is 30.7. The quantitative estimate of drug-likeness (QED) is 0.00793. The molecule has 8 rings (SSSR count). The fourth-order valence-electron chi connectivity index (χ4n) is 12.3. The number of anilines is 1. The van der Waals surface area contributed by atoms with Crippen LogP contribution in [0.15, 0.2) is 73.2 Å². The topological polar surface area (TPSA) is 290 Å². The smallest absolute Gasteiger partial charge is 0.459 e. The van der Waals surface area contributed by atoms with Gasteiger partial charge < -0.3 is 44.3 Å². The molecule has 4 amide bonds. The number of nitrogens with one attached hydrogen (secondary N) is 4. The summed E-state index contributed by atoms with van der Waals surface area (Å²) in [5.74, 6) is -1.72. The van der Waals surface area contributed by atoms with E-state index in [1.165, 1.54) is 51.1 Å². The number of alkyl halides is 8. The average molecular weight is 1440 g/mol. The van der Waals surface area contributed by atoms with E-state index < -0.39 is 152 Å². The maximum absolute atomic E-state index is 16.7. The van der Waals surface area contributed by atoms with Crippen LogP contribution < -0.4 is 30.8 Å². The highest BCUT2D eigenvalue weighted by Crippen LogP contribution is 2.47. The lowest BCUT2D eigenvalue weighted by atomic mass is 9.78. The second-order valence-electron chi connectivity index (χ2n) is 26.4. The minimum atomic E-state index is -5.35. The molecule has 6 atom stereocenters. The van der Waals surface area contributed by atoms with E-state index in [9.17, 15) is 42.3 Å². The standard InChI is InChI=1S/C65H76F10N11O13P/c1-35-21-36(2)52(49(22-35)99-100(92,93)94)61(3,4)26-51(87)98-50(32-84(82-56(89)54(80-60(91)96-10)63(7,8)65(73,74)75)31-44-45(66)24-40(25-46(44)67)47-19-20-85(81-47)57(68)69)48(78-55(88)53(79-59(90)95-9)62(5,6)64(70,71)72)23-38-14-11-37(12-15-38)13-16-39-27-76-58(77-28-39)83-29-41-17-18-42(30-83)86(41)43-33-97-34-43/h11-12,14-15,19-22,24-25,27-28,41-43,48,50,53-54,57H,17-18,23,26,29-34H2,1-10H3,(H,78,88)(H,79,90)(H,80,91)(H,82,89)(H2,92,93,94)/t41?,42?,48-,50-,53+,54+/m0/s1. The number of carbonyl (C=O) groups excluding carboxylic acids is 5. The van der Waals surface area contributed by atoms with Gasteiger partial charge in [0.25, 0.3) is 5.91 Å². The Labute approximate surface area is 568 Å². The molecule has 3 aliphatic rings. The van der Waals surface area contributed by atoms with Crippen molar-refractivity contribution >= 4 is 43.7 Å². The monoisotopic (exact) mass is 1440 g/mol. The normalized spacial score (nSPS) is 17.5. The number of piperazine rings is 1. The number of aryl methyl sites for hydroxylation is 2. The van der Waals surface area contributed by atoms with E-state index >= 15 is 39.9 Å². The number of hydrazine groups is 1. The summed E-state index contributed by atoms with van der Waals surface area (Å²) >= 11 is 0. The summed E-state index contributed by atoms with van der Waals surface area (Å²) in [5, 5.41) is 10.2. The summed E-state index contributed by atoms with van der Waals surface area (Å²) < 4.78 is 189. The number of fused-ring (bicyclic) bond motifs is 2. The van der Waals surface area contributed by atoms with Gasteiger partial charge in [0.2, 0.25) is 11.9 Å². The highest BCUT2D eigenvalue weighted by molar-refractivity contribution is 7.46. The molecule has 24 nitrogen and oxygen atoms in total. The fourth-order valence-corrected chi connectivity index (χ4v) is 12.7. The number of rotatable bonds is 25. The number of phosphoric ester groups is 1. The van der Waals surface area contributed by atoms with E-state index in [1.807, 2.05) is 5.32 Å². The molecule has 3 aliphatic heterocycles. The van der Waals surface area contributed by atoms with Crippen LogP contribution in [0.25, 0.3) is 11.3 Å². The summed E-state index contributed by atoms with van der Waals surface area (Å²) in [7, 11) is -3.80. The first-order chi connectivity index (χ1) is 46.6. The Bertz CT molecular complexity index is 3880. The van der Waals surface area contributed by atoms with E-state index in [-0.39, 0.29) is 21.5 Å². The molecule has 3 aromatic carbocycles. The number of ether oxygens (including phenoxy) is 4. The first kappa shape index (κ1) is 77.1. The summed E-state index contributed by atoms with van der Waals surface area (Å²) in [6.07, 6.45) is -11.5. The number of benzene rings is 3. The van der Waals surface area contributed by atoms with Crippen molar-refractivity contribution in [2.75, 3.05) is 52.0 Å². The van der Waals surface area contributed by atoms with Gasteiger partial charge in [-0.15, -0.1) is 0 Å². The summed E-state index contributed by atoms with van der Waals surface area (Å²) in [4.78, 5) is 104. The number of phosphoric acid groups is 1. The molecule has 0 aliphatic carbocycles. The van der Waals surface area contributed by atoms with Gasteiger partial charge in [0.05, 0.1) is 74.6 Å². The van der Waals surface area contributed by atoms with E-state index in [0.717, 1.165) is 52.4 Å². The third-order valence-corrected chi connectivity index (χ3v) is 18.3. The van der Waals surface area contributed by atoms with Gasteiger partial charge in [-0.2, -0.15) is 40.2 Å². The molecule has 5 aromatic rings. The third kappa shape index (κ3) is 18.5. The van der Waals surface area contributed by atoms with Crippen LogP contribution in [0.5, 0.6) is 5.75 Å². The van der Waals surface area contributed by atoms with Crippen molar-refractivity contribution in [2.45, 2.75) is 154 Å². The molecule has 100 heavy (non-hydrogen) atoms. The summed E-state index contributed by atoms with van der Waals surface area (Å²) in [5.41, 5.74) is -6.11. The molecule has 544 valence electrons. The summed E-state index contributed by atoms with van der Waals surface area (Å²) in [6.45, 7) is 5.11. The van der Waals surface area contributed by atoms with Crippen molar-refractivity contribution in [3.63, 3.8) is 0 Å². The highest BCUT2D eigenvalue weighted by Gasteiger charge is 2.58. The molecule has 2 unspecified atom stereocenters. The number of amides is 4. The molecule has 2 aromatic heterocycles. The number of esters is 1. The number of hydrogen-bond donors (Lipinski definition) is 6. The van der Waals surface area contributed by atoms with Crippen LogP contribution in [0.1, 0.15) is 106 Å². The molecular formula is C65H76F10N11O13P. The Morgan fingerprint density at radius 1 is 0.760 bits per heavy atom. The van der Waals surface area contributed by atoms with Gasteiger partial charge in [-0.3, -0.25) is 34.5 Å². The minimum absolute atomic E-state index is 0.0235. The Kier molecular flexibility index (Phi) is 23.7. The molecule has 2 bridgehead atoms. The van der Waals surface area contributed by atoms with E-state index in [1.54, 1.807) is 30.7 Å². The number of alkyl carbamates (subject to hydrolysis) is 2.